The second-order valence-corrected chi connectivity index (χ2v) is 9.96. The number of aromatic amines is 1. The summed E-state index contributed by atoms with van der Waals surface area (Å²) in [6, 6.07) is 3.89. The maximum atomic E-state index is 12.3. The third-order valence-corrected chi connectivity index (χ3v) is 6.70. The van der Waals surface area contributed by atoms with Crippen LogP contribution in [0.25, 0.3) is 0 Å². The van der Waals surface area contributed by atoms with Crippen LogP contribution in [0.15, 0.2) is 29.1 Å². The summed E-state index contributed by atoms with van der Waals surface area (Å²) in [5.74, 6) is -2.64. The number of carbonyl (C=O) groups excluding carboxylic acids is 1. The Morgan fingerprint density at radius 3 is 2.41 bits per heavy atom. The molecule has 4 rings (SSSR count). The summed E-state index contributed by atoms with van der Waals surface area (Å²) in [7, 11) is 0. The number of ether oxygens (including phenoxy) is 1. The number of hydrogen-bond acceptors (Lipinski definition) is 15. The molecule has 2 aliphatic heterocycles. The minimum absolute atomic E-state index is 0.0281. The Balaban J connectivity index is 0.000000369. The van der Waals surface area contributed by atoms with Crippen molar-refractivity contribution in [1.29, 1.82) is 0 Å². The number of fused-ring (bicyclic) bond motifs is 1. The molecule has 0 radical (unpaired) electrons. The van der Waals surface area contributed by atoms with Gasteiger partial charge in [0.25, 0.3) is 11.5 Å². The first kappa shape index (κ1) is 34.0. The number of nitrogens with two attached hydrogens (primary N) is 2. The van der Waals surface area contributed by atoms with E-state index >= 15 is 0 Å². The summed E-state index contributed by atoms with van der Waals surface area (Å²) < 4.78 is 4.70. The van der Waals surface area contributed by atoms with Crippen molar-refractivity contribution < 1.29 is 49.8 Å². The van der Waals surface area contributed by atoms with Gasteiger partial charge in [0.1, 0.15) is 30.0 Å². The van der Waals surface area contributed by atoms with Gasteiger partial charge in [-0.05, 0) is 30.7 Å². The van der Waals surface area contributed by atoms with E-state index in [2.05, 4.69) is 31.2 Å². The molecule has 19 nitrogen and oxygen atoms in total. The Hall–Kier alpha value is -4.53. The number of anilines is 4. The number of carboxylic acid groups (broad SMARTS) is 2. The summed E-state index contributed by atoms with van der Waals surface area (Å²) in [6.07, 6.45) is -5.44. The van der Waals surface area contributed by atoms with Crippen LogP contribution in [0, 0.1) is 0 Å². The maximum Gasteiger partial charge on any atom is 0.326 e. The fourth-order valence-electron chi connectivity index (χ4n) is 4.22. The highest BCUT2D eigenvalue weighted by Crippen LogP contribution is 2.20. The molecule has 2 aliphatic rings. The van der Waals surface area contributed by atoms with Gasteiger partial charge in [0, 0.05) is 30.8 Å². The number of aliphatic carboxylic acids is 2. The van der Waals surface area contributed by atoms with Gasteiger partial charge >= 0.3 is 11.9 Å². The zero-order valence-corrected chi connectivity index (χ0v) is 23.2. The number of nitrogen functional groups attached to an aromatic ring is 1. The molecule has 0 aliphatic carbocycles. The smallest absolute Gasteiger partial charge is 0.326 e. The summed E-state index contributed by atoms with van der Waals surface area (Å²) in [5, 5.41) is 65.6. The van der Waals surface area contributed by atoms with E-state index in [1.54, 1.807) is 12.1 Å². The first-order valence-electron chi connectivity index (χ1n) is 13.4. The fraction of sp³-hybridized carbons (Fsp3) is 0.480. The Labute approximate surface area is 249 Å². The number of nitrogens with zero attached hydrogens (tertiary/aromatic N) is 1. The van der Waals surface area contributed by atoms with E-state index in [4.69, 9.17) is 36.6 Å². The topological polar surface area (TPSA) is 328 Å². The lowest BCUT2D eigenvalue weighted by Crippen LogP contribution is -2.61. The highest BCUT2D eigenvalue weighted by Gasteiger charge is 2.41. The molecule has 2 aromatic rings. The number of aliphatic hydroxyl groups excluding tert-OH is 4. The second kappa shape index (κ2) is 15.3. The van der Waals surface area contributed by atoms with E-state index in [0.29, 0.717) is 30.3 Å². The molecule has 1 aromatic heterocycles. The number of benzene rings is 1. The molecule has 0 spiro atoms. The van der Waals surface area contributed by atoms with Crippen molar-refractivity contribution in [1.82, 2.24) is 15.3 Å². The summed E-state index contributed by atoms with van der Waals surface area (Å²) in [6.45, 7) is 0.489. The van der Waals surface area contributed by atoms with Gasteiger partial charge in [-0.1, -0.05) is 0 Å². The highest BCUT2D eigenvalue weighted by molar-refractivity contribution is 5.97. The van der Waals surface area contributed by atoms with Crippen LogP contribution in [-0.2, 0) is 14.3 Å². The molecule has 7 atom stereocenters. The van der Waals surface area contributed by atoms with Gasteiger partial charge < -0.3 is 68.1 Å². The van der Waals surface area contributed by atoms with Gasteiger partial charge in [-0.3, -0.25) is 19.4 Å². The normalized spacial score (nSPS) is 24.7. The van der Waals surface area contributed by atoms with Gasteiger partial charge in [-0.25, -0.2) is 4.79 Å². The maximum absolute atomic E-state index is 12.3. The third-order valence-electron chi connectivity index (χ3n) is 6.70. The summed E-state index contributed by atoms with van der Waals surface area (Å²) in [5.41, 5.74) is 11.7. The molecule has 242 valence electrons. The number of nitrogens with one attached hydrogen (secondary N) is 5. The SMILES string of the molecule is N[C@@H]1[C@@H](O)[C@@H](O)[C@@H](CO)O[C@@H]1O.Nc1nc2c(c(=O)[nH]1)NC(CNc1ccc(C(=O)N[C@@H](CCC(=O)O)C(=O)O)cc1)CN2. The van der Waals surface area contributed by atoms with Crippen LogP contribution in [0.2, 0.25) is 0 Å². The molecule has 1 fully saturated rings. The first-order chi connectivity index (χ1) is 20.8. The van der Waals surface area contributed by atoms with Crippen LogP contribution in [0.5, 0.6) is 0 Å². The van der Waals surface area contributed by atoms with Crippen LogP contribution in [0.3, 0.4) is 0 Å². The fourth-order valence-corrected chi connectivity index (χ4v) is 4.22. The number of H-pyrrole nitrogens is 1. The number of carboxylic acids is 2. The minimum Gasteiger partial charge on any atom is -0.481 e. The number of aromatic nitrogens is 2. The Morgan fingerprint density at radius 1 is 1.11 bits per heavy atom. The van der Waals surface area contributed by atoms with Gasteiger partial charge in [0.15, 0.2) is 12.1 Å². The van der Waals surface area contributed by atoms with Crippen molar-refractivity contribution >= 4 is 41.0 Å². The van der Waals surface area contributed by atoms with E-state index in [-0.39, 0.29) is 36.0 Å². The lowest BCUT2D eigenvalue weighted by molar-refractivity contribution is -0.248. The van der Waals surface area contributed by atoms with Crippen molar-refractivity contribution in [2.24, 2.45) is 5.73 Å². The Morgan fingerprint density at radius 2 is 1.80 bits per heavy atom. The summed E-state index contributed by atoms with van der Waals surface area (Å²) >= 11 is 0. The van der Waals surface area contributed by atoms with Crippen molar-refractivity contribution in [2.45, 2.75) is 55.6 Å². The molecule has 0 bridgehead atoms. The predicted octanol–water partition coefficient (Wildman–Crippen LogP) is -3.54. The average Bonchev–Trinajstić information content (AvgIpc) is 2.99. The van der Waals surface area contributed by atoms with Crippen LogP contribution in [-0.4, -0.2) is 121 Å². The molecule has 15 N–H and O–H groups in total. The van der Waals surface area contributed by atoms with Gasteiger partial charge in [0.05, 0.1) is 18.7 Å². The highest BCUT2D eigenvalue weighted by atomic mass is 16.6. The molecule has 3 heterocycles. The molecule has 1 unspecified atom stereocenters. The quantitative estimate of drug-likeness (QED) is 0.122. The van der Waals surface area contributed by atoms with Crippen molar-refractivity contribution in [3.63, 3.8) is 0 Å². The van der Waals surface area contributed by atoms with Crippen LogP contribution in [0.4, 0.5) is 23.1 Å². The zero-order chi connectivity index (χ0) is 32.6. The first-order valence-corrected chi connectivity index (χ1v) is 13.4. The molecule has 1 amide bonds. The number of aliphatic hydroxyl groups is 4. The van der Waals surface area contributed by atoms with Crippen LogP contribution >= 0.6 is 0 Å². The Bertz CT molecular complexity index is 1350. The number of hydrogen-bond donors (Lipinski definition) is 13. The molecular formula is C25H36N8O11. The van der Waals surface area contributed by atoms with E-state index in [0.717, 1.165) is 0 Å². The van der Waals surface area contributed by atoms with E-state index in [1.807, 2.05) is 0 Å². The van der Waals surface area contributed by atoms with Crippen LogP contribution in [0.1, 0.15) is 23.2 Å². The monoisotopic (exact) mass is 624 g/mol. The van der Waals surface area contributed by atoms with E-state index in [9.17, 15) is 29.4 Å². The van der Waals surface area contributed by atoms with Gasteiger partial charge in [0.2, 0.25) is 5.95 Å². The molecule has 0 saturated carbocycles. The Kier molecular flexibility index (Phi) is 11.8. The average molecular weight is 625 g/mol. The molecule has 1 aromatic carbocycles. The lowest BCUT2D eigenvalue weighted by atomic mass is 9.98. The third kappa shape index (κ3) is 8.99. The van der Waals surface area contributed by atoms with Crippen molar-refractivity contribution in [3.8, 4) is 0 Å². The number of amides is 1. The van der Waals surface area contributed by atoms with E-state index in [1.165, 1.54) is 12.1 Å². The van der Waals surface area contributed by atoms with Crippen molar-refractivity contribution in [2.75, 3.05) is 41.4 Å². The van der Waals surface area contributed by atoms with Gasteiger partial charge in [-0.2, -0.15) is 4.98 Å². The summed E-state index contributed by atoms with van der Waals surface area (Å²) in [4.78, 5) is 52.6. The second-order valence-electron chi connectivity index (χ2n) is 9.96. The number of rotatable bonds is 10. The van der Waals surface area contributed by atoms with E-state index < -0.39 is 61.1 Å². The molecule has 44 heavy (non-hydrogen) atoms. The molecular weight excluding hydrogens is 588 g/mol. The van der Waals surface area contributed by atoms with Crippen LogP contribution < -0.4 is 38.3 Å². The molecule has 1 saturated heterocycles. The molecule has 19 heteroatoms. The standard InChI is InChI=1S/C19H23N7O6.C6H13NO5/c20-19-25-15-14(17(30)26-19)23-11(8-22-15)7-21-10-3-1-9(2-4-10)16(29)24-12(18(31)32)5-6-13(27)28;7-3-5(10)4(9)2(1-8)12-6(3)11/h1-4,11-12,21,23H,5-8H2,(H,24,29)(H,27,28)(H,31,32)(H4,20,22,25,26,30);2-6,8-11H,1,7H2/t11?,12-;2-,3-,4+,5-,6+/m01/s1. The zero-order valence-electron chi connectivity index (χ0n) is 23.2. The van der Waals surface area contributed by atoms with Gasteiger partial charge in [-0.15, -0.1) is 0 Å². The minimum atomic E-state index is -1.35. The number of carbonyl (C=O) groups is 3. The lowest BCUT2D eigenvalue weighted by Gasteiger charge is -2.38. The van der Waals surface area contributed by atoms with Crippen molar-refractivity contribution in [3.05, 3.63) is 40.2 Å². The predicted molar refractivity (Wildman–Crippen MR) is 154 cm³/mol. The largest absolute Gasteiger partial charge is 0.481 e.